The Balaban J connectivity index is 0.000000168. The van der Waals surface area contributed by atoms with Gasteiger partial charge in [-0.05, 0) is 196 Å². The maximum atomic E-state index is 11.9. The average Bonchev–Trinajstić information content (AvgIpc) is 0.870. The number of aromatic amines is 2. The molecule has 0 amide bonds. The number of aryl methyl sites for hydroxylation is 4. The van der Waals surface area contributed by atoms with Crippen molar-refractivity contribution in [1.29, 1.82) is 0 Å². The van der Waals surface area contributed by atoms with Crippen LogP contribution in [0.3, 0.4) is 0 Å². The van der Waals surface area contributed by atoms with E-state index in [9.17, 15) is 19.2 Å². The zero-order valence-electron chi connectivity index (χ0n) is 53.3. The van der Waals surface area contributed by atoms with Crippen molar-refractivity contribution in [3.8, 4) is 68.3 Å². The predicted molar refractivity (Wildman–Crippen MR) is 376 cm³/mol. The number of rotatable bonds is 10. The fraction of sp³-hybridized carbons (Fsp3) is 0.0811. The van der Waals surface area contributed by atoms with Crippen LogP contribution in [0.1, 0.15) is 33.4 Å². The number of nitrogens with one attached hydrogen (secondary N) is 2. The quantitative estimate of drug-likeness (QED) is 0.121. The van der Waals surface area contributed by atoms with E-state index in [4.69, 9.17) is 19.4 Å². The second-order valence-electron chi connectivity index (χ2n) is 20.7. The maximum Gasteiger partial charge on any atom is 2.00 e. The first-order valence-corrected chi connectivity index (χ1v) is 34.3. The van der Waals surface area contributed by atoms with E-state index in [-0.39, 0.29) is 45.7 Å². The van der Waals surface area contributed by atoms with Crippen LogP contribution in [0.15, 0.2) is 300 Å². The number of pyridine rings is 12. The molecule has 0 aliphatic rings. The van der Waals surface area contributed by atoms with Crippen molar-refractivity contribution in [2.75, 3.05) is 0 Å². The van der Waals surface area contributed by atoms with Gasteiger partial charge in [0.2, 0.25) is 0 Å². The molecule has 0 aliphatic carbocycles. The minimum absolute atomic E-state index is 0. The Morgan fingerprint density at radius 1 is 0.306 bits per heavy atom. The molecule has 14 rings (SSSR count). The molecular weight excluding hydrogens is 1450 g/mol. The van der Waals surface area contributed by atoms with Crippen LogP contribution in [0.25, 0.3) is 68.3 Å². The van der Waals surface area contributed by atoms with E-state index < -0.39 is 11.4 Å². The molecule has 24 heteroatoms. The molecule has 0 aromatic carbocycles. The van der Waals surface area contributed by atoms with Crippen molar-refractivity contribution in [3.05, 3.63) is 356 Å². The van der Waals surface area contributed by atoms with Gasteiger partial charge < -0.3 is 0 Å². The van der Waals surface area contributed by atoms with Crippen LogP contribution in [0.2, 0.25) is 0 Å². The van der Waals surface area contributed by atoms with E-state index in [1.54, 1.807) is 101 Å². The molecule has 14 heterocycles. The average molecular weight is 1510 g/mol. The van der Waals surface area contributed by atoms with Gasteiger partial charge in [0.05, 0.1) is 81.4 Å². The van der Waals surface area contributed by atoms with Gasteiger partial charge in [-0.3, -0.25) is 88.5 Å². The summed E-state index contributed by atoms with van der Waals surface area (Å²) in [5.74, 6) is 0. The maximum absolute atomic E-state index is 11.9. The number of hydrogen-bond donors (Lipinski definition) is 2. The summed E-state index contributed by atoms with van der Waals surface area (Å²) >= 11 is -0.346. The Bertz CT molecular complexity index is 4300. The second-order valence-corrected chi connectivity index (χ2v) is 23.3. The number of H-pyrrole nitrogens is 2. The van der Waals surface area contributed by atoms with Crippen LogP contribution in [-0.2, 0) is 47.7 Å². The first-order valence-electron chi connectivity index (χ1n) is 29.9. The van der Waals surface area contributed by atoms with Gasteiger partial charge in [-0.15, -0.1) is 0 Å². The summed E-state index contributed by atoms with van der Waals surface area (Å²) in [6.07, 6.45) is 24.1. The van der Waals surface area contributed by atoms with Gasteiger partial charge in [0, 0.05) is 97.9 Å². The van der Waals surface area contributed by atoms with E-state index in [1.807, 2.05) is 208 Å². The topological polar surface area (TPSA) is 264 Å². The number of aromatic nitrogens is 16. The molecule has 0 saturated heterocycles. The summed E-state index contributed by atoms with van der Waals surface area (Å²) in [6, 6.07) is 61.6. The van der Waals surface area contributed by atoms with Gasteiger partial charge in [-0.25, -0.2) is 9.59 Å². The summed E-state index contributed by atoms with van der Waals surface area (Å²) in [7, 11) is 9.71. The Kier molecular flexibility index (Phi) is 30.7. The van der Waals surface area contributed by atoms with Crippen LogP contribution in [0.4, 0.5) is 0 Å². The molecule has 0 aliphatic heterocycles. The monoisotopic (exact) mass is 1510 g/mol. The molecule has 0 spiro atoms. The second kappa shape index (κ2) is 40.4. The smallest absolute Gasteiger partial charge is 0.255 e. The molecule has 0 saturated carbocycles. The van der Waals surface area contributed by atoms with Crippen LogP contribution >= 0.6 is 19.4 Å². The first kappa shape index (κ1) is 74.4. The summed E-state index contributed by atoms with van der Waals surface area (Å²) in [5, 5.41) is 0. The standard InChI is InChI=1S/2C17H16N4O2.4C10H8N2.2ClH.2Ru/c2*1-11-3-5-18-14(7-11)15-8-13(4-6-19-15)10-21-9-12(2)16(22)20-17(21)23;4*1-3-7-11-9(5-1)10-6-2-4-8-12-10;;;;/h2*3-9H,10H2,1-2H3,(H,20,22,23);4*1-8H;2*1H;;/q;;;;;;;;2*+2/p-2. The van der Waals surface area contributed by atoms with Crippen molar-refractivity contribution < 1.29 is 34.6 Å². The largest absolute Gasteiger partial charge is 2.00 e. The zero-order valence-corrected chi connectivity index (χ0v) is 58.3. The van der Waals surface area contributed by atoms with E-state index >= 15 is 0 Å². The number of hydrogen-bond acceptors (Lipinski definition) is 16. The summed E-state index contributed by atoms with van der Waals surface area (Å²) in [6.45, 7) is 8.05. The molecule has 0 unspecified atom stereocenters. The summed E-state index contributed by atoms with van der Waals surface area (Å²) in [4.78, 5) is 102. The van der Waals surface area contributed by atoms with Crippen LogP contribution in [-0.4, -0.2) is 78.9 Å². The third-order valence-electron chi connectivity index (χ3n) is 13.5. The van der Waals surface area contributed by atoms with Crippen LogP contribution < -0.4 is 22.5 Å². The minimum Gasteiger partial charge on any atom is -0.255 e. The summed E-state index contributed by atoms with van der Waals surface area (Å²) < 4.78 is 2.94. The van der Waals surface area contributed by atoms with Gasteiger partial charge in [0.15, 0.2) is 0 Å². The SMILES string of the molecule is Cc1ccnc(-c2cc(Cn3cc(C)c(=O)[nH]c3=O)ccn2)c1.Cc1ccnc(-c2cc(Cn3cc(C)c(=O)[nH]c3=O)ccn2)c1.[Cl][Ru][Cl].[Ru+2].c1ccc(-c2ccccn2)nc1.c1ccc(-c2ccccn2)nc1.c1ccc(-c2ccccn2)nc1.c1ccc(-c2ccccn2)nc1. The van der Waals surface area contributed by atoms with Crippen LogP contribution in [0.5, 0.6) is 0 Å². The molecule has 98 heavy (non-hydrogen) atoms. The Labute approximate surface area is 593 Å². The van der Waals surface area contributed by atoms with Crippen LogP contribution in [0, 0.1) is 27.7 Å². The van der Waals surface area contributed by atoms with Gasteiger partial charge in [0.25, 0.3) is 11.1 Å². The molecule has 0 radical (unpaired) electrons. The Hall–Kier alpha value is -11.0. The zero-order chi connectivity index (χ0) is 68.4. The van der Waals surface area contributed by atoms with E-state index in [0.29, 0.717) is 24.2 Å². The molecule has 492 valence electrons. The third-order valence-corrected chi connectivity index (χ3v) is 13.5. The van der Waals surface area contributed by atoms with Gasteiger partial charge >= 0.3 is 65.4 Å². The van der Waals surface area contributed by atoms with Crippen molar-refractivity contribution in [2.45, 2.75) is 40.8 Å². The fourth-order valence-electron chi connectivity index (χ4n) is 8.76. The van der Waals surface area contributed by atoms with E-state index in [1.165, 1.54) is 9.13 Å². The minimum atomic E-state index is -0.423. The van der Waals surface area contributed by atoms with E-state index in [2.05, 4.69) is 69.8 Å². The van der Waals surface area contributed by atoms with Gasteiger partial charge in [0.1, 0.15) is 0 Å². The first-order chi connectivity index (χ1) is 47.3. The number of halogens is 2. The van der Waals surface area contributed by atoms with Gasteiger partial charge in [-0.1, -0.05) is 48.5 Å². The predicted octanol–water partition coefficient (Wildman–Crippen LogP) is 13.3. The molecule has 20 nitrogen and oxygen atoms in total. The molecule has 2 N–H and O–H groups in total. The normalized spacial score (nSPS) is 9.98. The van der Waals surface area contributed by atoms with Crippen molar-refractivity contribution in [1.82, 2.24) is 78.9 Å². The fourth-order valence-corrected chi connectivity index (χ4v) is 8.76. The molecule has 14 aromatic rings. The summed E-state index contributed by atoms with van der Waals surface area (Å²) in [5.41, 5.74) is 13.9. The molecule has 14 aromatic heterocycles. The number of nitrogens with zero attached hydrogens (tertiary/aromatic N) is 14. The van der Waals surface area contributed by atoms with Crippen molar-refractivity contribution >= 4 is 19.4 Å². The molecule has 0 atom stereocenters. The van der Waals surface area contributed by atoms with Crippen molar-refractivity contribution in [2.24, 2.45) is 0 Å². The third kappa shape index (κ3) is 24.3. The van der Waals surface area contributed by atoms with E-state index in [0.717, 1.165) is 90.6 Å². The molecule has 0 bridgehead atoms. The molecule has 0 fully saturated rings. The van der Waals surface area contributed by atoms with Gasteiger partial charge in [-0.2, -0.15) is 0 Å². The Morgan fingerprint density at radius 2 is 0.520 bits per heavy atom. The Morgan fingerprint density at radius 3 is 0.735 bits per heavy atom. The molecular formula is C74H64Cl2N16O4Ru2+2. The van der Waals surface area contributed by atoms with Crippen molar-refractivity contribution in [3.63, 3.8) is 0 Å².